The average molecular weight is 208 g/mol. The van der Waals surface area contributed by atoms with Gasteiger partial charge in [0, 0.05) is 13.1 Å². The van der Waals surface area contributed by atoms with Gasteiger partial charge in [0.25, 0.3) is 0 Å². The zero-order chi connectivity index (χ0) is 9.84. The minimum absolute atomic E-state index is 0.347. The van der Waals surface area contributed by atoms with Gasteiger partial charge in [0.15, 0.2) is 0 Å². The van der Waals surface area contributed by atoms with Crippen molar-refractivity contribution >= 4 is 17.7 Å². The largest absolute Gasteiger partial charge is 0.450 e. The number of aliphatic hydroxyl groups is 1. The summed E-state index contributed by atoms with van der Waals surface area (Å²) in [6.07, 6.45) is -0.333. The molecule has 1 aliphatic rings. The molecule has 0 aromatic heterocycles. The van der Waals surface area contributed by atoms with E-state index in [9.17, 15) is 9.90 Å². The van der Waals surface area contributed by atoms with E-state index < -0.39 is 6.10 Å². The van der Waals surface area contributed by atoms with Crippen LogP contribution in [-0.4, -0.2) is 47.3 Å². The number of aliphatic hydroxyl groups excluding tert-OH is 1. The summed E-state index contributed by atoms with van der Waals surface area (Å²) in [5.41, 5.74) is 0. The number of carbonyl (C=O) groups is 1. The molecule has 0 aromatic rings. The van der Waals surface area contributed by atoms with E-state index in [0.29, 0.717) is 26.1 Å². The van der Waals surface area contributed by atoms with E-state index >= 15 is 0 Å². The van der Waals surface area contributed by atoms with Crippen molar-refractivity contribution in [1.82, 2.24) is 4.90 Å². The zero-order valence-corrected chi connectivity index (χ0v) is 8.33. The molecule has 1 rings (SSSR count). The molecule has 5 heteroatoms. The molecular formula is C8H14ClNO3. The highest BCUT2D eigenvalue weighted by Gasteiger charge is 2.29. The smallest absolute Gasteiger partial charge is 0.409 e. The SMILES string of the molecule is CCOC(=O)N1CCC(O)C(Cl)C1. The summed E-state index contributed by atoms with van der Waals surface area (Å²) in [4.78, 5) is 12.7. The lowest BCUT2D eigenvalue weighted by atomic mass is 10.1. The third kappa shape index (κ3) is 2.74. The van der Waals surface area contributed by atoms with Crippen molar-refractivity contribution in [3.63, 3.8) is 0 Å². The second kappa shape index (κ2) is 4.67. The van der Waals surface area contributed by atoms with Crippen molar-refractivity contribution in [2.45, 2.75) is 24.8 Å². The Bertz CT molecular complexity index is 188. The number of carbonyl (C=O) groups excluding carboxylic acids is 1. The maximum absolute atomic E-state index is 11.2. The van der Waals surface area contributed by atoms with Crippen LogP contribution in [0, 0.1) is 0 Å². The zero-order valence-electron chi connectivity index (χ0n) is 7.57. The van der Waals surface area contributed by atoms with Gasteiger partial charge in [-0.2, -0.15) is 0 Å². The molecule has 1 fully saturated rings. The molecule has 1 N–H and O–H groups in total. The summed E-state index contributed by atoms with van der Waals surface area (Å²) in [5.74, 6) is 0. The fourth-order valence-corrected chi connectivity index (χ4v) is 1.57. The molecule has 4 nitrogen and oxygen atoms in total. The minimum atomic E-state index is -0.507. The summed E-state index contributed by atoms with van der Waals surface area (Å²) in [6.45, 7) is 3.00. The number of likely N-dealkylation sites (tertiary alicyclic amines) is 1. The highest BCUT2D eigenvalue weighted by molar-refractivity contribution is 6.21. The van der Waals surface area contributed by atoms with Gasteiger partial charge in [0.05, 0.1) is 18.1 Å². The van der Waals surface area contributed by atoms with Crippen LogP contribution in [-0.2, 0) is 4.74 Å². The van der Waals surface area contributed by atoms with Gasteiger partial charge in [0.1, 0.15) is 0 Å². The number of halogens is 1. The van der Waals surface area contributed by atoms with Gasteiger partial charge in [-0.3, -0.25) is 0 Å². The Balaban J connectivity index is 2.40. The Morgan fingerprint density at radius 3 is 3.00 bits per heavy atom. The third-order valence-electron chi connectivity index (χ3n) is 2.03. The van der Waals surface area contributed by atoms with Crippen molar-refractivity contribution in [1.29, 1.82) is 0 Å². The van der Waals surface area contributed by atoms with Crippen molar-refractivity contribution in [3.8, 4) is 0 Å². The highest BCUT2D eigenvalue weighted by atomic mass is 35.5. The van der Waals surface area contributed by atoms with Crippen molar-refractivity contribution in [2.24, 2.45) is 0 Å². The Morgan fingerprint density at radius 1 is 1.77 bits per heavy atom. The van der Waals surface area contributed by atoms with E-state index in [1.807, 2.05) is 0 Å². The lowest BCUT2D eigenvalue weighted by molar-refractivity contribution is 0.0640. The Morgan fingerprint density at radius 2 is 2.46 bits per heavy atom. The number of nitrogens with zero attached hydrogens (tertiary/aromatic N) is 1. The predicted molar refractivity (Wildman–Crippen MR) is 48.9 cm³/mol. The fourth-order valence-electron chi connectivity index (χ4n) is 1.27. The minimum Gasteiger partial charge on any atom is -0.450 e. The Labute approximate surface area is 82.4 Å². The first-order valence-electron chi connectivity index (χ1n) is 4.39. The number of alkyl halides is 1. The molecule has 1 heterocycles. The molecular weight excluding hydrogens is 194 g/mol. The van der Waals surface area contributed by atoms with Crippen LogP contribution in [0.3, 0.4) is 0 Å². The lowest BCUT2D eigenvalue weighted by Gasteiger charge is -2.32. The molecule has 0 bridgehead atoms. The van der Waals surface area contributed by atoms with Crippen molar-refractivity contribution in [2.75, 3.05) is 19.7 Å². The Kier molecular flexibility index (Phi) is 3.81. The van der Waals surface area contributed by atoms with Crippen molar-refractivity contribution in [3.05, 3.63) is 0 Å². The van der Waals surface area contributed by atoms with Gasteiger partial charge >= 0.3 is 6.09 Å². The first kappa shape index (κ1) is 10.6. The summed E-state index contributed by atoms with van der Waals surface area (Å²) in [7, 11) is 0. The van der Waals surface area contributed by atoms with Gasteiger partial charge in [-0.1, -0.05) is 0 Å². The van der Waals surface area contributed by atoms with Gasteiger partial charge in [0.2, 0.25) is 0 Å². The average Bonchev–Trinajstić information content (AvgIpc) is 2.10. The van der Waals surface area contributed by atoms with Crippen LogP contribution < -0.4 is 0 Å². The third-order valence-corrected chi connectivity index (χ3v) is 2.46. The van der Waals surface area contributed by atoms with Crippen LogP contribution in [0.1, 0.15) is 13.3 Å². The Hall–Kier alpha value is -0.480. The van der Waals surface area contributed by atoms with Crippen LogP contribution >= 0.6 is 11.6 Å². The second-order valence-electron chi connectivity index (χ2n) is 3.02. The molecule has 1 amide bonds. The number of hydrogen-bond acceptors (Lipinski definition) is 3. The molecule has 1 saturated heterocycles. The van der Waals surface area contributed by atoms with E-state index in [1.165, 1.54) is 4.90 Å². The highest BCUT2D eigenvalue weighted by Crippen LogP contribution is 2.16. The van der Waals surface area contributed by atoms with Gasteiger partial charge in [-0.05, 0) is 13.3 Å². The van der Waals surface area contributed by atoms with Gasteiger partial charge in [-0.15, -0.1) is 11.6 Å². The number of piperidine rings is 1. The molecule has 0 saturated carbocycles. The van der Waals surface area contributed by atoms with E-state index in [-0.39, 0.29) is 11.5 Å². The van der Waals surface area contributed by atoms with E-state index in [1.54, 1.807) is 6.92 Å². The van der Waals surface area contributed by atoms with Crippen LogP contribution in [0.5, 0.6) is 0 Å². The number of ether oxygens (including phenoxy) is 1. The molecule has 2 unspecified atom stereocenters. The molecule has 76 valence electrons. The number of rotatable bonds is 1. The topological polar surface area (TPSA) is 49.8 Å². The molecule has 1 aliphatic heterocycles. The maximum Gasteiger partial charge on any atom is 0.409 e. The fraction of sp³-hybridized carbons (Fsp3) is 0.875. The quantitative estimate of drug-likeness (QED) is 0.648. The van der Waals surface area contributed by atoms with Crippen molar-refractivity contribution < 1.29 is 14.6 Å². The number of amides is 1. The summed E-state index contributed by atoms with van der Waals surface area (Å²) in [5, 5.41) is 8.92. The van der Waals surface area contributed by atoms with Gasteiger partial charge < -0.3 is 14.7 Å². The first-order valence-corrected chi connectivity index (χ1v) is 4.82. The summed E-state index contributed by atoms with van der Waals surface area (Å²) >= 11 is 5.81. The van der Waals surface area contributed by atoms with E-state index in [4.69, 9.17) is 16.3 Å². The van der Waals surface area contributed by atoms with Crippen LogP contribution in [0.25, 0.3) is 0 Å². The van der Waals surface area contributed by atoms with E-state index in [0.717, 1.165) is 0 Å². The number of hydrogen-bond donors (Lipinski definition) is 1. The molecule has 0 radical (unpaired) electrons. The maximum atomic E-state index is 11.2. The second-order valence-corrected chi connectivity index (χ2v) is 3.58. The predicted octanol–water partition coefficient (Wildman–Crippen LogP) is 0.817. The monoisotopic (exact) mass is 207 g/mol. The van der Waals surface area contributed by atoms with Crippen LogP contribution in [0.15, 0.2) is 0 Å². The first-order chi connectivity index (χ1) is 6.15. The molecule has 0 spiro atoms. The normalized spacial score (nSPS) is 28.7. The van der Waals surface area contributed by atoms with Crippen LogP contribution in [0.2, 0.25) is 0 Å². The van der Waals surface area contributed by atoms with Gasteiger partial charge in [-0.25, -0.2) is 4.79 Å². The van der Waals surface area contributed by atoms with Crippen LogP contribution in [0.4, 0.5) is 4.79 Å². The lowest BCUT2D eigenvalue weighted by Crippen LogP contribution is -2.46. The summed E-state index contributed by atoms with van der Waals surface area (Å²) in [6, 6.07) is 0. The molecule has 2 atom stereocenters. The standard InChI is InChI=1S/C8H14ClNO3/c1-2-13-8(12)10-4-3-7(11)6(9)5-10/h6-7,11H,2-5H2,1H3. The summed E-state index contributed by atoms with van der Waals surface area (Å²) < 4.78 is 4.81. The molecule has 0 aliphatic carbocycles. The van der Waals surface area contributed by atoms with E-state index in [2.05, 4.69) is 0 Å². The molecule has 0 aromatic carbocycles. The molecule has 13 heavy (non-hydrogen) atoms.